The lowest BCUT2D eigenvalue weighted by Gasteiger charge is -2.32. The molecule has 110 valence electrons. The molecule has 21 heavy (non-hydrogen) atoms. The summed E-state index contributed by atoms with van der Waals surface area (Å²) >= 11 is 7.53. The van der Waals surface area contributed by atoms with E-state index in [4.69, 9.17) is 11.6 Å². The second kappa shape index (κ2) is 5.67. The van der Waals surface area contributed by atoms with Gasteiger partial charge in [0.25, 0.3) is 0 Å². The lowest BCUT2D eigenvalue weighted by atomic mass is 10.0. The molecular weight excluding hydrogens is 310 g/mol. The highest BCUT2D eigenvalue weighted by Crippen LogP contribution is 2.36. The molecule has 0 saturated heterocycles. The molecule has 1 aliphatic rings. The van der Waals surface area contributed by atoms with Gasteiger partial charge in [0.2, 0.25) is 0 Å². The van der Waals surface area contributed by atoms with Crippen LogP contribution in [0.15, 0.2) is 30.3 Å². The van der Waals surface area contributed by atoms with Gasteiger partial charge in [-0.15, -0.1) is 11.3 Å². The maximum absolute atomic E-state index is 11.7. The van der Waals surface area contributed by atoms with E-state index < -0.39 is 12.0 Å². The average Bonchev–Trinajstić information content (AvgIpc) is 2.80. The average molecular weight is 324 g/mol. The van der Waals surface area contributed by atoms with Gasteiger partial charge in [0.05, 0.1) is 0 Å². The first kappa shape index (κ1) is 14.4. The standard InChI is InChI=1S/C15H14ClNO3S/c16-11-4-2-1-3-10(11)14(15(19)20)17-6-5-12-9(8-17)7-13(18)21-12/h1-4,7,14,18H,5-6,8H2,(H,19,20)/t14-/m0/s1. The van der Waals surface area contributed by atoms with Crippen molar-refractivity contribution in [2.24, 2.45) is 0 Å². The van der Waals surface area contributed by atoms with Crippen molar-refractivity contribution in [3.63, 3.8) is 0 Å². The Morgan fingerprint density at radius 3 is 2.86 bits per heavy atom. The van der Waals surface area contributed by atoms with Crippen LogP contribution < -0.4 is 0 Å². The smallest absolute Gasteiger partial charge is 0.325 e. The second-order valence-corrected chi connectivity index (χ2v) is 6.54. The zero-order valence-electron chi connectivity index (χ0n) is 11.1. The summed E-state index contributed by atoms with van der Waals surface area (Å²) in [5.41, 5.74) is 1.61. The molecule has 0 amide bonds. The summed E-state index contributed by atoms with van der Waals surface area (Å²) in [7, 11) is 0. The predicted molar refractivity (Wildman–Crippen MR) is 81.9 cm³/mol. The predicted octanol–water partition coefficient (Wildman–Crippen LogP) is 3.29. The highest BCUT2D eigenvalue weighted by molar-refractivity contribution is 7.13. The van der Waals surface area contributed by atoms with Crippen LogP contribution in [0.1, 0.15) is 22.0 Å². The molecule has 2 heterocycles. The third-order valence-electron chi connectivity index (χ3n) is 3.68. The Balaban J connectivity index is 1.93. The van der Waals surface area contributed by atoms with Crippen molar-refractivity contribution in [3.05, 3.63) is 51.4 Å². The summed E-state index contributed by atoms with van der Waals surface area (Å²) in [6.07, 6.45) is 0.745. The quantitative estimate of drug-likeness (QED) is 0.910. The van der Waals surface area contributed by atoms with E-state index >= 15 is 0 Å². The summed E-state index contributed by atoms with van der Waals surface area (Å²) in [6.45, 7) is 1.14. The van der Waals surface area contributed by atoms with Crippen molar-refractivity contribution in [1.29, 1.82) is 0 Å². The zero-order chi connectivity index (χ0) is 15.0. The fourth-order valence-corrected chi connectivity index (χ4v) is 3.88. The van der Waals surface area contributed by atoms with Crippen LogP contribution in [-0.2, 0) is 17.8 Å². The molecule has 1 aromatic heterocycles. The van der Waals surface area contributed by atoms with Gasteiger partial charge in [0.15, 0.2) is 5.06 Å². The number of rotatable bonds is 3. The van der Waals surface area contributed by atoms with Crippen molar-refractivity contribution < 1.29 is 15.0 Å². The molecule has 2 N–H and O–H groups in total. The summed E-state index contributed by atoms with van der Waals surface area (Å²) in [4.78, 5) is 14.7. The summed E-state index contributed by atoms with van der Waals surface area (Å²) in [6, 6.07) is 7.99. The number of benzene rings is 1. The van der Waals surface area contributed by atoms with E-state index in [0.29, 0.717) is 23.7 Å². The van der Waals surface area contributed by atoms with Gasteiger partial charge in [-0.1, -0.05) is 29.8 Å². The first-order valence-corrected chi connectivity index (χ1v) is 7.77. The van der Waals surface area contributed by atoms with Crippen molar-refractivity contribution in [2.75, 3.05) is 6.54 Å². The Morgan fingerprint density at radius 2 is 2.14 bits per heavy atom. The molecule has 0 radical (unpaired) electrons. The third kappa shape index (κ3) is 2.77. The van der Waals surface area contributed by atoms with Crippen molar-refractivity contribution in [2.45, 2.75) is 19.0 Å². The van der Waals surface area contributed by atoms with E-state index in [1.54, 1.807) is 30.3 Å². The topological polar surface area (TPSA) is 60.8 Å². The Bertz CT molecular complexity index is 685. The molecule has 0 fully saturated rings. The van der Waals surface area contributed by atoms with Crippen molar-refractivity contribution in [3.8, 4) is 5.06 Å². The molecule has 4 nitrogen and oxygen atoms in total. The number of aromatic hydroxyl groups is 1. The number of hydrogen-bond donors (Lipinski definition) is 2. The summed E-state index contributed by atoms with van der Waals surface area (Å²) in [5.74, 6) is -0.911. The molecule has 1 atom stereocenters. The van der Waals surface area contributed by atoms with Crippen LogP contribution in [0.3, 0.4) is 0 Å². The number of carbonyl (C=O) groups is 1. The van der Waals surface area contributed by atoms with Gasteiger partial charge in [-0.05, 0) is 29.7 Å². The van der Waals surface area contributed by atoms with E-state index in [2.05, 4.69) is 0 Å². The van der Waals surface area contributed by atoms with Crippen LogP contribution in [0.5, 0.6) is 5.06 Å². The molecule has 3 rings (SSSR count). The van der Waals surface area contributed by atoms with Gasteiger partial charge < -0.3 is 10.2 Å². The Labute approximate surface area is 131 Å². The third-order valence-corrected chi connectivity index (χ3v) is 5.07. The van der Waals surface area contributed by atoms with Crippen LogP contribution in [0.4, 0.5) is 0 Å². The van der Waals surface area contributed by atoms with Gasteiger partial charge in [0, 0.05) is 23.0 Å². The SMILES string of the molecule is O=C(O)[C@H](c1ccccc1Cl)N1CCc2sc(O)cc2C1. The number of thiophene rings is 1. The van der Waals surface area contributed by atoms with E-state index in [1.165, 1.54) is 11.3 Å². The molecule has 0 spiro atoms. The van der Waals surface area contributed by atoms with Crippen LogP contribution in [-0.4, -0.2) is 27.6 Å². The number of hydrogen-bond acceptors (Lipinski definition) is 4. The highest BCUT2D eigenvalue weighted by Gasteiger charge is 2.32. The molecule has 0 bridgehead atoms. The Hall–Kier alpha value is -1.56. The normalized spacial score (nSPS) is 16.4. The number of nitrogens with zero attached hydrogens (tertiary/aromatic N) is 1. The minimum Gasteiger partial charge on any atom is -0.499 e. The molecule has 2 aromatic rings. The Kier molecular flexibility index (Phi) is 3.89. The molecule has 1 aliphatic heterocycles. The minimum absolute atomic E-state index is 0.284. The van der Waals surface area contributed by atoms with E-state index in [-0.39, 0.29) is 5.06 Å². The van der Waals surface area contributed by atoms with Gasteiger partial charge >= 0.3 is 5.97 Å². The first-order chi connectivity index (χ1) is 10.1. The fraction of sp³-hybridized carbons (Fsp3) is 0.267. The molecular formula is C15H14ClNO3S. The van der Waals surface area contributed by atoms with Gasteiger partial charge in [-0.2, -0.15) is 0 Å². The molecule has 1 aromatic carbocycles. The van der Waals surface area contributed by atoms with Crippen LogP contribution in [0.2, 0.25) is 5.02 Å². The van der Waals surface area contributed by atoms with E-state index in [0.717, 1.165) is 16.9 Å². The maximum atomic E-state index is 11.7. The molecule has 0 aliphatic carbocycles. The van der Waals surface area contributed by atoms with Crippen LogP contribution in [0.25, 0.3) is 0 Å². The van der Waals surface area contributed by atoms with Gasteiger partial charge in [0.1, 0.15) is 6.04 Å². The minimum atomic E-state index is -0.911. The Morgan fingerprint density at radius 1 is 1.38 bits per heavy atom. The largest absolute Gasteiger partial charge is 0.499 e. The first-order valence-electron chi connectivity index (χ1n) is 6.58. The summed E-state index contributed by atoms with van der Waals surface area (Å²) < 4.78 is 0. The fourth-order valence-electron chi connectivity index (χ4n) is 2.74. The monoisotopic (exact) mass is 323 g/mol. The van der Waals surface area contributed by atoms with E-state index in [1.807, 2.05) is 4.90 Å². The number of halogens is 1. The van der Waals surface area contributed by atoms with Crippen LogP contribution in [0, 0.1) is 0 Å². The van der Waals surface area contributed by atoms with Crippen molar-refractivity contribution in [1.82, 2.24) is 4.90 Å². The molecule has 6 heteroatoms. The lowest BCUT2D eigenvalue weighted by molar-refractivity contribution is -0.144. The summed E-state index contributed by atoms with van der Waals surface area (Å²) in [5, 5.41) is 19.9. The number of aliphatic carboxylic acids is 1. The van der Waals surface area contributed by atoms with E-state index in [9.17, 15) is 15.0 Å². The second-order valence-electron chi connectivity index (χ2n) is 5.02. The highest BCUT2D eigenvalue weighted by atomic mass is 35.5. The number of fused-ring (bicyclic) bond motifs is 1. The van der Waals surface area contributed by atoms with Crippen molar-refractivity contribution >= 4 is 28.9 Å². The number of carboxylic acids is 1. The number of carboxylic acid groups (broad SMARTS) is 1. The molecule has 0 unspecified atom stereocenters. The maximum Gasteiger partial charge on any atom is 0.325 e. The molecule has 0 saturated carbocycles. The lowest BCUT2D eigenvalue weighted by Crippen LogP contribution is -2.37. The van der Waals surface area contributed by atoms with Gasteiger partial charge in [-0.25, -0.2) is 0 Å². The van der Waals surface area contributed by atoms with Gasteiger partial charge in [-0.3, -0.25) is 9.69 Å². The zero-order valence-corrected chi connectivity index (χ0v) is 12.7. The van der Waals surface area contributed by atoms with Crippen LogP contribution >= 0.6 is 22.9 Å².